The maximum absolute atomic E-state index is 10.7. The summed E-state index contributed by atoms with van der Waals surface area (Å²) in [5.74, 6) is 4.28. The highest BCUT2D eigenvalue weighted by Crippen LogP contribution is 2.68. The van der Waals surface area contributed by atoms with E-state index < -0.39 is 11.2 Å². The van der Waals surface area contributed by atoms with Crippen LogP contribution in [0.1, 0.15) is 112 Å². The van der Waals surface area contributed by atoms with Crippen molar-refractivity contribution in [1.29, 1.82) is 0 Å². The van der Waals surface area contributed by atoms with E-state index in [1.54, 1.807) is 6.08 Å². The van der Waals surface area contributed by atoms with Gasteiger partial charge in [0.1, 0.15) is 0 Å². The minimum atomic E-state index is -0.703. The van der Waals surface area contributed by atoms with Crippen LogP contribution in [0.15, 0.2) is 12.7 Å². The maximum Gasteiger partial charge on any atom is 0.0797 e. The summed E-state index contributed by atoms with van der Waals surface area (Å²) in [6, 6.07) is 0. The van der Waals surface area contributed by atoms with Gasteiger partial charge in [0.25, 0.3) is 0 Å². The molecule has 4 rings (SSSR count). The molecule has 0 radical (unpaired) electrons. The predicted molar refractivity (Wildman–Crippen MR) is 127 cm³/mol. The van der Waals surface area contributed by atoms with Gasteiger partial charge in [-0.3, -0.25) is 0 Å². The molecule has 8 unspecified atom stereocenters. The first-order valence-electron chi connectivity index (χ1n) is 12.6. The quantitative estimate of drug-likeness (QED) is 0.466. The van der Waals surface area contributed by atoms with E-state index in [9.17, 15) is 10.2 Å². The van der Waals surface area contributed by atoms with Gasteiger partial charge in [-0.1, -0.05) is 27.4 Å². The van der Waals surface area contributed by atoms with Crippen molar-refractivity contribution in [3.05, 3.63) is 12.7 Å². The van der Waals surface area contributed by atoms with Gasteiger partial charge in [-0.05, 0) is 131 Å². The molecule has 0 spiro atoms. The van der Waals surface area contributed by atoms with Crippen molar-refractivity contribution in [1.82, 2.24) is 0 Å². The Balaban J connectivity index is 0.00000256. The summed E-state index contributed by atoms with van der Waals surface area (Å²) in [4.78, 5) is 0. The Kier molecular flexibility index (Phi) is 6.66. The normalized spacial score (nSPS) is 49.7. The number of fused-ring (bicyclic) bond motifs is 5. The average molecular weight is 419 g/mol. The lowest BCUT2D eigenvalue weighted by Gasteiger charge is -2.62. The van der Waals surface area contributed by atoms with E-state index in [1.165, 1.54) is 51.4 Å². The zero-order valence-corrected chi connectivity index (χ0v) is 19.6. The van der Waals surface area contributed by atoms with Gasteiger partial charge >= 0.3 is 0 Å². The molecule has 2 heteroatoms. The molecule has 0 aliphatic heterocycles. The number of rotatable bonds is 5. The summed E-state index contributed by atoms with van der Waals surface area (Å²) >= 11 is 0. The summed E-state index contributed by atoms with van der Waals surface area (Å²) in [5, 5.41) is 21.0. The highest BCUT2D eigenvalue weighted by molar-refractivity contribution is 5.10. The molecule has 174 valence electrons. The third-order valence-electron chi connectivity index (χ3n) is 10.8. The molecule has 4 aliphatic rings. The Morgan fingerprint density at radius 3 is 2.37 bits per heavy atom. The van der Waals surface area contributed by atoms with Crippen molar-refractivity contribution >= 4 is 0 Å². The molecule has 0 saturated heterocycles. The topological polar surface area (TPSA) is 40.5 Å². The predicted octanol–water partition coefficient (Wildman–Crippen LogP) is 7.14. The first-order valence-corrected chi connectivity index (χ1v) is 12.6. The van der Waals surface area contributed by atoms with Crippen molar-refractivity contribution in [2.24, 2.45) is 40.4 Å². The summed E-state index contributed by atoms with van der Waals surface area (Å²) in [6.45, 7) is 13.0. The number of hydrogen-bond acceptors (Lipinski definition) is 2. The molecule has 0 bridgehead atoms. The van der Waals surface area contributed by atoms with Gasteiger partial charge in [0, 0.05) is 0 Å². The molecule has 0 amide bonds. The Morgan fingerprint density at radius 2 is 1.67 bits per heavy atom. The van der Waals surface area contributed by atoms with Crippen LogP contribution in [0.3, 0.4) is 0 Å². The average Bonchev–Trinajstić information content (AvgIpc) is 2.99. The van der Waals surface area contributed by atoms with Crippen LogP contribution in [0.2, 0.25) is 0 Å². The SMILES string of the molecule is C.C=CC(C)(O)CCCC1CCC2C3CCC4C[C@@](C)(O)CCC4(C)C3CCC12C. The van der Waals surface area contributed by atoms with Gasteiger partial charge in [-0.15, -0.1) is 6.58 Å². The lowest BCUT2D eigenvalue weighted by atomic mass is 9.44. The third kappa shape index (κ3) is 4.05. The largest absolute Gasteiger partial charge is 0.390 e. The van der Waals surface area contributed by atoms with Gasteiger partial charge in [-0.25, -0.2) is 0 Å². The van der Waals surface area contributed by atoms with Crippen molar-refractivity contribution < 1.29 is 10.2 Å². The van der Waals surface area contributed by atoms with E-state index in [0.29, 0.717) is 10.8 Å². The molecule has 0 aromatic rings. The molecule has 2 N–H and O–H groups in total. The van der Waals surface area contributed by atoms with E-state index in [2.05, 4.69) is 27.4 Å². The fraction of sp³-hybridized carbons (Fsp3) is 0.929. The highest BCUT2D eigenvalue weighted by atomic mass is 16.3. The van der Waals surface area contributed by atoms with Crippen LogP contribution in [0.25, 0.3) is 0 Å². The van der Waals surface area contributed by atoms with Gasteiger partial charge in [0.15, 0.2) is 0 Å². The Hall–Kier alpha value is -0.340. The zero-order chi connectivity index (χ0) is 21.1. The van der Waals surface area contributed by atoms with Crippen LogP contribution < -0.4 is 0 Å². The van der Waals surface area contributed by atoms with Gasteiger partial charge in [0.05, 0.1) is 11.2 Å². The van der Waals surface area contributed by atoms with Crippen LogP contribution in [0, 0.1) is 40.4 Å². The fourth-order valence-corrected chi connectivity index (χ4v) is 8.82. The fourth-order valence-electron chi connectivity index (χ4n) is 8.82. The Labute approximate surface area is 186 Å². The lowest BCUT2D eigenvalue weighted by molar-refractivity contribution is -0.146. The smallest absolute Gasteiger partial charge is 0.0797 e. The second-order valence-corrected chi connectivity index (χ2v) is 12.6. The Morgan fingerprint density at radius 1 is 0.967 bits per heavy atom. The monoisotopic (exact) mass is 418 g/mol. The van der Waals surface area contributed by atoms with E-state index in [1.807, 2.05) is 6.92 Å². The molecular formula is C28H50O2. The van der Waals surface area contributed by atoms with Crippen LogP contribution in [-0.2, 0) is 0 Å². The zero-order valence-electron chi connectivity index (χ0n) is 19.6. The van der Waals surface area contributed by atoms with Crippen LogP contribution in [0.5, 0.6) is 0 Å². The molecule has 2 nitrogen and oxygen atoms in total. The standard InChI is InChI=1S/C27H46O2.CH4/c1-6-24(2,28)14-7-8-19-10-12-22-21-11-9-20-18-25(3,29)16-17-27(20,5)23(21)13-15-26(19,22)4;/h6,19-23,28-29H,1,7-18H2,2-5H3;1H4/t19?,20?,21?,22?,23?,24?,25-,26?,27?;/m0./s1. The Bertz CT molecular complexity index is 622. The summed E-state index contributed by atoms with van der Waals surface area (Å²) < 4.78 is 0. The van der Waals surface area contributed by atoms with Crippen molar-refractivity contribution in [3.63, 3.8) is 0 Å². The van der Waals surface area contributed by atoms with Crippen LogP contribution >= 0.6 is 0 Å². The highest BCUT2D eigenvalue weighted by Gasteiger charge is 2.60. The molecule has 0 heterocycles. The van der Waals surface area contributed by atoms with Crippen molar-refractivity contribution in [2.75, 3.05) is 0 Å². The lowest BCUT2D eigenvalue weighted by Crippen LogP contribution is -2.55. The molecule has 4 aliphatic carbocycles. The summed E-state index contributed by atoms with van der Waals surface area (Å²) in [5.41, 5.74) is -0.144. The molecule has 0 aromatic carbocycles. The molecule has 4 saturated carbocycles. The third-order valence-corrected chi connectivity index (χ3v) is 10.8. The molecule has 9 atom stereocenters. The molecule has 4 fully saturated rings. The molecule has 30 heavy (non-hydrogen) atoms. The van der Waals surface area contributed by atoms with Gasteiger partial charge < -0.3 is 10.2 Å². The minimum Gasteiger partial charge on any atom is -0.390 e. The van der Waals surface area contributed by atoms with E-state index in [4.69, 9.17) is 0 Å². The second kappa shape index (κ2) is 8.22. The number of hydrogen-bond donors (Lipinski definition) is 2. The molecule has 0 aromatic heterocycles. The van der Waals surface area contributed by atoms with Gasteiger partial charge in [0.2, 0.25) is 0 Å². The minimum absolute atomic E-state index is 0. The van der Waals surface area contributed by atoms with Gasteiger partial charge in [-0.2, -0.15) is 0 Å². The van der Waals surface area contributed by atoms with Crippen LogP contribution in [-0.4, -0.2) is 21.4 Å². The molecular weight excluding hydrogens is 368 g/mol. The van der Waals surface area contributed by atoms with E-state index in [0.717, 1.165) is 55.3 Å². The van der Waals surface area contributed by atoms with Crippen LogP contribution in [0.4, 0.5) is 0 Å². The number of aliphatic hydroxyl groups is 2. The van der Waals surface area contributed by atoms with Crippen molar-refractivity contribution in [2.45, 2.75) is 123 Å². The first kappa shape index (κ1) is 24.3. The second-order valence-electron chi connectivity index (χ2n) is 12.6. The van der Waals surface area contributed by atoms with E-state index in [-0.39, 0.29) is 7.43 Å². The summed E-state index contributed by atoms with van der Waals surface area (Å²) in [6.07, 6.45) is 16.6. The maximum atomic E-state index is 10.7. The summed E-state index contributed by atoms with van der Waals surface area (Å²) in [7, 11) is 0. The van der Waals surface area contributed by atoms with E-state index >= 15 is 0 Å². The first-order chi connectivity index (χ1) is 13.5. The van der Waals surface area contributed by atoms with Crippen molar-refractivity contribution in [3.8, 4) is 0 Å².